The highest BCUT2D eigenvalue weighted by atomic mass is 16.6. The van der Waals surface area contributed by atoms with Gasteiger partial charge in [-0.15, -0.1) is 0 Å². The van der Waals surface area contributed by atoms with Crippen molar-refractivity contribution < 1.29 is 9.53 Å². The molecule has 2 aromatic carbocycles. The van der Waals surface area contributed by atoms with E-state index < -0.39 is 23.8 Å². The van der Waals surface area contributed by atoms with Crippen LogP contribution in [-0.4, -0.2) is 23.8 Å². The summed E-state index contributed by atoms with van der Waals surface area (Å²) in [6.07, 6.45) is 0.495. The molecule has 2 unspecified atom stereocenters. The number of ether oxygens (including phenoxy) is 1. The van der Waals surface area contributed by atoms with Crippen LogP contribution < -0.4 is 5.32 Å². The third-order valence-corrected chi connectivity index (χ3v) is 4.31. The molecular formula is C23H28N4O2. The molecule has 0 bridgehead atoms. The molecule has 0 aliphatic rings. The smallest absolute Gasteiger partial charge is 0.408 e. The van der Waals surface area contributed by atoms with E-state index in [1.165, 1.54) is 0 Å². The van der Waals surface area contributed by atoms with Crippen LogP contribution in [0.25, 0.3) is 10.4 Å². The third kappa shape index (κ3) is 7.72. The summed E-state index contributed by atoms with van der Waals surface area (Å²) < 4.78 is 5.42. The Balaban J connectivity index is 2.24. The van der Waals surface area contributed by atoms with E-state index >= 15 is 0 Å². The number of nitrogens with zero attached hydrogens (tertiary/aromatic N) is 3. The van der Waals surface area contributed by atoms with Crippen molar-refractivity contribution in [2.24, 2.45) is 5.11 Å². The van der Waals surface area contributed by atoms with Crippen molar-refractivity contribution in [3.05, 3.63) is 94.4 Å². The van der Waals surface area contributed by atoms with Gasteiger partial charge in [0.05, 0.1) is 12.1 Å². The lowest BCUT2D eigenvalue weighted by molar-refractivity contribution is 0.0511. The number of benzene rings is 2. The number of alkyl carbamates (subject to hydrolysis) is 1. The maximum absolute atomic E-state index is 12.4. The number of nitrogens with one attached hydrogen (secondary N) is 1. The van der Waals surface area contributed by atoms with Gasteiger partial charge in [0, 0.05) is 4.91 Å². The summed E-state index contributed by atoms with van der Waals surface area (Å²) in [7, 11) is 0. The number of hydrogen-bond acceptors (Lipinski definition) is 3. The molecule has 152 valence electrons. The molecule has 0 heterocycles. The van der Waals surface area contributed by atoms with Crippen LogP contribution in [0.15, 0.2) is 77.9 Å². The molecule has 0 fully saturated rings. The normalized spacial score (nSPS) is 12.9. The second kappa shape index (κ2) is 10.3. The van der Waals surface area contributed by atoms with Crippen LogP contribution in [-0.2, 0) is 17.6 Å². The van der Waals surface area contributed by atoms with Gasteiger partial charge in [0.1, 0.15) is 5.60 Å². The first-order valence-corrected chi connectivity index (χ1v) is 9.59. The van der Waals surface area contributed by atoms with Crippen LogP contribution in [0, 0.1) is 0 Å². The summed E-state index contributed by atoms with van der Waals surface area (Å²) in [5.41, 5.74) is 11.2. The summed E-state index contributed by atoms with van der Waals surface area (Å²) in [4.78, 5) is 15.4. The van der Waals surface area contributed by atoms with E-state index in [4.69, 9.17) is 10.3 Å². The molecule has 0 saturated heterocycles. The molecule has 2 aromatic rings. The first-order chi connectivity index (χ1) is 13.8. The number of carbonyl (C=O) groups excluding carboxylic acids is 1. The van der Waals surface area contributed by atoms with Gasteiger partial charge in [-0.05, 0) is 55.8 Å². The second-order valence-corrected chi connectivity index (χ2v) is 7.87. The summed E-state index contributed by atoms with van der Waals surface area (Å²) in [5.74, 6) is 0. The van der Waals surface area contributed by atoms with Crippen LogP contribution in [0.2, 0.25) is 0 Å². The van der Waals surface area contributed by atoms with E-state index in [2.05, 4.69) is 21.9 Å². The van der Waals surface area contributed by atoms with Crippen molar-refractivity contribution in [2.75, 3.05) is 0 Å². The van der Waals surface area contributed by atoms with Crippen LogP contribution in [0.3, 0.4) is 0 Å². The number of hydrogen-bond donors (Lipinski definition) is 1. The maximum atomic E-state index is 12.4. The topological polar surface area (TPSA) is 87.1 Å². The molecule has 2 rings (SSSR count). The Morgan fingerprint density at radius 2 is 1.59 bits per heavy atom. The fourth-order valence-corrected chi connectivity index (χ4v) is 2.95. The Morgan fingerprint density at radius 3 is 2.07 bits per heavy atom. The van der Waals surface area contributed by atoms with Gasteiger partial charge in [-0.2, -0.15) is 0 Å². The van der Waals surface area contributed by atoms with Gasteiger partial charge < -0.3 is 10.1 Å². The monoisotopic (exact) mass is 392 g/mol. The minimum atomic E-state index is -0.614. The SMILES string of the molecule is C=C(C(Cc1ccccc1)N=[N+]=[N-])C(Cc1ccccc1)NC(=O)OC(C)(C)C. The Bertz CT molecular complexity index is 853. The molecule has 0 aliphatic carbocycles. The molecule has 0 saturated carbocycles. The summed E-state index contributed by atoms with van der Waals surface area (Å²) in [6, 6.07) is 18.6. The molecule has 1 N–H and O–H groups in total. The Kier molecular flexibility index (Phi) is 7.87. The Labute approximate surface area is 172 Å². The van der Waals surface area contributed by atoms with E-state index in [0.29, 0.717) is 18.4 Å². The highest BCUT2D eigenvalue weighted by Gasteiger charge is 2.25. The van der Waals surface area contributed by atoms with Gasteiger partial charge in [0.2, 0.25) is 0 Å². The number of amides is 1. The predicted octanol–water partition coefficient (Wildman–Crippen LogP) is 5.60. The maximum Gasteiger partial charge on any atom is 0.408 e. The van der Waals surface area contributed by atoms with Crippen LogP contribution in [0.1, 0.15) is 31.9 Å². The lowest BCUT2D eigenvalue weighted by atomic mass is 9.91. The zero-order valence-electron chi connectivity index (χ0n) is 17.2. The first-order valence-electron chi connectivity index (χ1n) is 9.59. The van der Waals surface area contributed by atoms with E-state index in [0.717, 1.165) is 11.1 Å². The van der Waals surface area contributed by atoms with Crippen molar-refractivity contribution in [2.45, 2.75) is 51.3 Å². The molecule has 0 aliphatic heterocycles. The molecule has 0 aromatic heterocycles. The zero-order chi connectivity index (χ0) is 21.3. The second-order valence-electron chi connectivity index (χ2n) is 7.87. The van der Waals surface area contributed by atoms with E-state index in [1.807, 2.05) is 81.4 Å². The van der Waals surface area contributed by atoms with E-state index in [1.54, 1.807) is 0 Å². The minimum Gasteiger partial charge on any atom is -0.444 e. The zero-order valence-corrected chi connectivity index (χ0v) is 17.2. The number of rotatable bonds is 8. The van der Waals surface area contributed by atoms with Gasteiger partial charge >= 0.3 is 6.09 Å². The lowest BCUT2D eigenvalue weighted by Gasteiger charge is -2.27. The molecule has 29 heavy (non-hydrogen) atoms. The quantitative estimate of drug-likeness (QED) is 0.274. The van der Waals surface area contributed by atoms with Crippen LogP contribution >= 0.6 is 0 Å². The van der Waals surface area contributed by atoms with Crippen molar-refractivity contribution >= 4 is 6.09 Å². The first kappa shape index (κ1) is 22.1. The van der Waals surface area contributed by atoms with Crippen LogP contribution in [0.5, 0.6) is 0 Å². The van der Waals surface area contributed by atoms with Gasteiger partial charge in [0.25, 0.3) is 0 Å². The van der Waals surface area contributed by atoms with Crippen molar-refractivity contribution in [3.8, 4) is 0 Å². The van der Waals surface area contributed by atoms with Gasteiger partial charge in [0.15, 0.2) is 0 Å². The van der Waals surface area contributed by atoms with Crippen molar-refractivity contribution in [1.82, 2.24) is 5.32 Å². The van der Waals surface area contributed by atoms with E-state index in [9.17, 15) is 4.79 Å². The summed E-state index contributed by atoms with van der Waals surface area (Å²) in [6.45, 7) is 9.61. The molecule has 2 atom stereocenters. The van der Waals surface area contributed by atoms with Gasteiger partial charge in [-0.1, -0.05) is 72.4 Å². The lowest BCUT2D eigenvalue weighted by Crippen LogP contribution is -2.43. The fraction of sp³-hybridized carbons (Fsp3) is 0.348. The average molecular weight is 393 g/mol. The molecule has 0 radical (unpaired) electrons. The third-order valence-electron chi connectivity index (χ3n) is 4.31. The average Bonchev–Trinajstić information content (AvgIpc) is 2.67. The van der Waals surface area contributed by atoms with Crippen molar-refractivity contribution in [1.29, 1.82) is 0 Å². The molecule has 6 nitrogen and oxygen atoms in total. The molecule has 1 amide bonds. The van der Waals surface area contributed by atoms with Crippen molar-refractivity contribution in [3.63, 3.8) is 0 Å². The van der Waals surface area contributed by atoms with E-state index in [-0.39, 0.29) is 0 Å². The largest absolute Gasteiger partial charge is 0.444 e. The standard InChI is InChI=1S/C23H28N4O2/c1-17(21(26-27-24)16-19-13-9-6-10-14-19)20(15-18-11-7-5-8-12-18)25-22(28)29-23(2,3)4/h5-14,20-21H,1,15-16H2,2-4H3,(H,25,28). The highest BCUT2D eigenvalue weighted by molar-refractivity contribution is 5.68. The van der Waals surface area contributed by atoms with Gasteiger partial charge in [-0.25, -0.2) is 4.79 Å². The minimum absolute atomic E-state index is 0.438. The Hall–Kier alpha value is -3.24. The Morgan fingerprint density at radius 1 is 1.07 bits per heavy atom. The summed E-state index contributed by atoms with van der Waals surface area (Å²) >= 11 is 0. The number of azide groups is 1. The van der Waals surface area contributed by atoms with Crippen LogP contribution in [0.4, 0.5) is 4.79 Å². The fourth-order valence-electron chi connectivity index (χ4n) is 2.95. The predicted molar refractivity (Wildman–Crippen MR) is 116 cm³/mol. The molecule has 6 heteroatoms. The molecule has 0 spiro atoms. The van der Waals surface area contributed by atoms with Gasteiger partial charge in [-0.3, -0.25) is 0 Å². The highest BCUT2D eigenvalue weighted by Crippen LogP contribution is 2.20. The number of carbonyl (C=O) groups is 1. The summed E-state index contributed by atoms with van der Waals surface area (Å²) in [5, 5.41) is 6.86. The molecular weight excluding hydrogens is 364 g/mol.